The van der Waals surface area contributed by atoms with Gasteiger partial charge in [0.15, 0.2) is 6.19 Å². The number of hydrogen-bond donors (Lipinski definition) is 1. The fourth-order valence-corrected chi connectivity index (χ4v) is 0.942. The second kappa shape index (κ2) is 3.34. The Balaban J connectivity index is 1.77. The van der Waals surface area contributed by atoms with Crippen LogP contribution in [0.2, 0.25) is 0 Å². The van der Waals surface area contributed by atoms with Gasteiger partial charge in [-0.05, 0) is 18.8 Å². The molecule has 0 heterocycles. The molecule has 1 aliphatic rings. The molecule has 0 amide bonds. The Morgan fingerprint density at radius 1 is 1.56 bits per heavy atom. The summed E-state index contributed by atoms with van der Waals surface area (Å²) >= 11 is 0. The molecule has 50 valence electrons. The second-order valence-corrected chi connectivity index (χ2v) is 2.62. The average Bonchev–Trinajstić information content (AvgIpc) is 2.63. The Morgan fingerprint density at radius 3 is 2.89 bits per heavy atom. The predicted molar refractivity (Wildman–Crippen MR) is 35.6 cm³/mol. The number of nitrogens with zero attached hydrogens (tertiary/aromatic N) is 1. The summed E-state index contributed by atoms with van der Waals surface area (Å²) in [5.41, 5.74) is 0. The first-order valence-corrected chi connectivity index (χ1v) is 3.55. The maximum atomic E-state index is 8.09. The summed E-state index contributed by atoms with van der Waals surface area (Å²) in [5.74, 6) is 1.01. The molecule has 0 bridgehead atoms. The van der Waals surface area contributed by atoms with Crippen LogP contribution < -0.4 is 5.32 Å². The van der Waals surface area contributed by atoms with E-state index in [0.717, 1.165) is 18.9 Å². The number of rotatable bonds is 4. The highest BCUT2D eigenvalue weighted by Gasteiger charge is 2.19. The lowest BCUT2D eigenvalue weighted by atomic mass is 10.2. The van der Waals surface area contributed by atoms with E-state index >= 15 is 0 Å². The van der Waals surface area contributed by atoms with Crippen molar-refractivity contribution in [2.75, 3.05) is 6.54 Å². The van der Waals surface area contributed by atoms with Gasteiger partial charge in [0.25, 0.3) is 0 Å². The highest BCUT2D eigenvalue weighted by molar-refractivity contribution is 4.74. The van der Waals surface area contributed by atoms with Crippen LogP contribution in [0.25, 0.3) is 0 Å². The molecule has 2 heteroatoms. The summed E-state index contributed by atoms with van der Waals surface area (Å²) < 4.78 is 0. The van der Waals surface area contributed by atoms with Crippen LogP contribution in [0.5, 0.6) is 0 Å². The van der Waals surface area contributed by atoms with Crippen molar-refractivity contribution in [2.24, 2.45) is 5.92 Å². The van der Waals surface area contributed by atoms with Crippen molar-refractivity contribution in [3.05, 3.63) is 0 Å². The Bertz CT molecular complexity index is 111. The molecule has 9 heavy (non-hydrogen) atoms. The van der Waals surface area contributed by atoms with Gasteiger partial charge in [-0.2, -0.15) is 5.26 Å². The molecule has 1 aliphatic carbocycles. The normalized spacial score (nSPS) is 16.8. The minimum atomic E-state index is 0.868. The van der Waals surface area contributed by atoms with Gasteiger partial charge < -0.3 is 5.32 Å². The molecule has 0 aromatic rings. The van der Waals surface area contributed by atoms with Crippen molar-refractivity contribution in [1.82, 2.24) is 5.32 Å². The first-order valence-electron chi connectivity index (χ1n) is 3.55. The fourth-order valence-electron chi connectivity index (χ4n) is 0.942. The lowest BCUT2D eigenvalue weighted by molar-refractivity contribution is 0.647. The minimum absolute atomic E-state index is 0.868. The molecule has 0 saturated heterocycles. The Hall–Kier alpha value is -0.710. The Morgan fingerprint density at radius 2 is 2.33 bits per heavy atom. The van der Waals surface area contributed by atoms with Gasteiger partial charge in [-0.15, -0.1) is 0 Å². The van der Waals surface area contributed by atoms with Crippen LogP contribution in [0.3, 0.4) is 0 Å². The Kier molecular flexibility index (Phi) is 2.38. The van der Waals surface area contributed by atoms with Crippen molar-refractivity contribution < 1.29 is 0 Å². The van der Waals surface area contributed by atoms with Crippen molar-refractivity contribution in [2.45, 2.75) is 25.7 Å². The number of nitriles is 1. The lowest BCUT2D eigenvalue weighted by Crippen LogP contribution is -2.06. The van der Waals surface area contributed by atoms with Crippen LogP contribution in [0.4, 0.5) is 0 Å². The van der Waals surface area contributed by atoms with Crippen LogP contribution in [0, 0.1) is 17.4 Å². The van der Waals surface area contributed by atoms with Crippen molar-refractivity contribution in [1.29, 1.82) is 5.26 Å². The minimum Gasteiger partial charge on any atom is -0.324 e. The quantitative estimate of drug-likeness (QED) is 0.348. The van der Waals surface area contributed by atoms with Gasteiger partial charge in [-0.25, -0.2) is 0 Å². The largest absolute Gasteiger partial charge is 0.324 e. The zero-order valence-electron chi connectivity index (χ0n) is 5.56. The van der Waals surface area contributed by atoms with Crippen LogP contribution in [0.1, 0.15) is 25.7 Å². The highest BCUT2D eigenvalue weighted by Crippen LogP contribution is 2.33. The third kappa shape index (κ3) is 2.97. The zero-order chi connectivity index (χ0) is 6.53. The summed E-state index contributed by atoms with van der Waals surface area (Å²) in [5, 5.41) is 10.7. The lowest BCUT2D eigenvalue weighted by Gasteiger charge is -1.94. The summed E-state index contributed by atoms with van der Waals surface area (Å²) in [6.45, 7) is 0.868. The summed E-state index contributed by atoms with van der Waals surface area (Å²) in [6.07, 6.45) is 7.24. The molecule has 0 spiro atoms. The summed E-state index contributed by atoms with van der Waals surface area (Å²) in [6, 6.07) is 0. The van der Waals surface area contributed by atoms with Gasteiger partial charge in [0, 0.05) is 6.54 Å². The van der Waals surface area contributed by atoms with Gasteiger partial charge in [0.05, 0.1) is 0 Å². The van der Waals surface area contributed by atoms with Crippen LogP contribution in [-0.2, 0) is 0 Å². The van der Waals surface area contributed by atoms with Crippen LogP contribution in [0.15, 0.2) is 0 Å². The van der Waals surface area contributed by atoms with Crippen LogP contribution >= 0.6 is 0 Å². The molecule has 1 saturated carbocycles. The van der Waals surface area contributed by atoms with Crippen LogP contribution in [-0.4, -0.2) is 6.54 Å². The van der Waals surface area contributed by atoms with E-state index in [9.17, 15) is 0 Å². The third-order valence-corrected chi connectivity index (χ3v) is 1.69. The molecule has 0 aromatic carbocycles. The predicted octanol–water partition coefficient (Wildman–Crippen LogP) is 1.25. The fraction of sp³-hybridized carbons (Fsp3) is 0.857. The van der Waals surface area contributed by atoms with Crippen molar-refractivity contribution in [3.8, 4) is 6.19 Å². The standard InChI is InChI=1S/C7H12N2/c8-6-9-5-1-2-7-3-4-7/h7,9H,1-5H2. The monoisotopic (exact) mass is 124 g/mol. The van der Waals surface area contributed by atoms with Crippen molar-refractivity contribution in [3.63, 3.8) is 0 Å². The number of hydrogen-bond acceptors (Lipinski definition) is 2. The van der Waals surface area contributed by atoms with E-state index in [0.29, 0.717) is 0 Å². The molecule has 0 radical (unpaired) electrons. The van der Waals surface area contributed by atoms with E-state index in [1.807, 2.05) is 6.19 Å². The van der Waals surface area contributed by atoms with E-state index in [4.69, 9.17) is 5.26 Å². The number of nitrogens with one attached hydrogen (secondary N) is 1. The topological polar surface area (TPSA) is 35.8 Å². The van der Waals surface area contributed by atoms with E-state index < -0.39 is 0 Å². The first kappa shape index (κ1) is 6.41. The highest BCUT2D eigenvalue weighted by atomic mass is 14.8. The molecule has 0 aliphatic heterocycles. The van der Waals surface area contributed by atoms with E-state index in [2.05, 4.69) is 5.32 Å². The van der Waals surface area contributed by atoms with Crippen molar-refractivity contribution >= 4 is 0 Å². The zero-order valence-corrected chi connectivity index (χ0v) is 5.56. The van der Waals surface area contributed by atoms with E-state index in [-0.39, 0.29) is 0 Å². The van der Waals surface area contributed by atoms with Gasteiger partial charge in [-0.3, -0.25) is 0 Å². The molecule has 2 nitrogen and oxygen atoms in total. The molecule has 1 fully saturated rings. The molecule has 1 N–H and O–H groups in total. The van der Waals surface area contributed by atoms with Gasteiger partial charge in [-0.1, -0.05) is 12.8 Å². The summed E-state index contributed by atoms with van der Waals surface area (Å²) in [7, 11) is 0. The smallest absolute Gasteiger partial charge is 0.176 e. The van der Waals surface area contributed by atoms with E-state index in [1.165, 1.54) is 19.3 Å². The van der Waals surface area contributed by atoms with Gasteiger partial charge >= 0.3 is 0 Å². The van der Waals surface area contributed by atoms with Gasteiger partial charge in [0.1, 0.15) is 0 Å². The third-order valence-electron chi connectivity index (χ3n) is 1.69. The maximum Gasteiger partial charge on any atom is 0.176 e. The Labute approximate surface area is 55.9 Å². The molecule has 0 aromatic heterocycles. The average molecular weight is 124 g/mol. The molecule has 0 atom stereocenters. The maximum absolute atomic E-state index is 8.09. The SMILES string of the molecule is N#CNCCCC1CC1. The molecule has 0 unspecified atom stereocenters. The molecule has 1 rings (SSSR count). The first-order chi connectivity index (χ1) is 4.43. The summed E-state index contributed by atoms with van der Waals surface area (Å²) in [4.78, 5) is 0. The molecular formula is C7H12N2. The molecular weight excluding hydrogens is 112 g/mol. The van der Waals surface area contributed by atoms with E-state index in [1.54, 1.807) is 0 Å². The second-order valence-electron chi connectivity index (χ2n) is 2.62. The van der Waals surface area contributed by atoms with Gasteiger partial charge in [0.2, 0.25) is 0 Å².